The van der Waals surface area contributed by atoms with Crippen molar-refractivity contribution in [3.8, 4) is 5.75 Å². The van der Waals surface area contributed by atoms with Gasteiger partial charge < -0.3 is 10.1 Å². The lowest BCUT2D eigenvalue weighted by atomic mass is 10.1. The summed E-state index contributed by atoms with van der Waals surface area (Å²) in [5, 5.41) is 15.1. The maximum Gasteiger partial charge on any atom is 0.311 e. The highest BCUT2D eigenvalue weighted by molar-refractivity contribution is 7.99. The van der Waals surface area contributed by atoms with Crippen LogP contribution in [0.5, 0.6) is 5.75 Å². The van der Waals surface area contributed by atoms with Gasteiger partial charge in [0.1, 0.15) is 4.83 Å². The number of fused-ring (bicyclic) bond motifs is 3. The molecule has 0 bridgehead atoms. The maximum atomic E-state index is 13.2. The molecule has 172 valence electrons. The van der Waals surface area contributed by atoms with Gasteiger partial charge in [-0.25, -0.2) is 4.98 Å². The minimum atomic E-state index is -0.533. The largest absolute Gasteiger partial charge is 0.490 e. The van der Waals surface area contributed by atoms with E-state index in [2.05, 4.69) is 11.9 Å². The molecule has 1 aromatic carbocycles. The molecule has 2 heterocycles. The van der Waals surface area contributed by atoms with Gasteiger partial charge in [-0.05, 0) is 37.3 Å². The number of amides is 1. The first-order valence-electron chi connectivity index (χ1n) is 10.3. The fourth-order valence-electron chi connectivity index (χ4n) is 3.89. The van der Waals surface area contributed by atoms with Crippen molar-refractivity contribution in [2.45, 2.75) is 37.9 Å². The number of aromatic nitrogens is 2. The average Bonchev–Trinajstić information content (AvgIpc) is 3.36. The van der Waals surface area contributed by atoms with Crippen molar-refractivity contribution < 1.29 is 14.5 Å². The summed E-state index contributed by atoms with van der Waals surface area (Å²) in [7, 11) is 1.33. The molecule has 11 heteroatoms. The summed E-state index contributed by atoms with van der Waals surface area (Å²) >= 11 is 2.72. The zero-order valence-corrected chi connectivity index (χ0v) is 19.8. The Labute approximate surface area is 197 Å². The molecule has 4 rings (SSSR count). The molecule has 33 heavy (non-hydrogen) atoms. The number of hydrogen-bond donors (Lipinski definition) is 1. The van der Waals surface area contributed by atoms with E-state index in [0.717, 1.165) is 24.8 Å². The smallest absolute Gasteiger partial charge is 0.311 e. The molecule has 0 atom stereocenters. The SMILES string of the molecule is C=CCn1c(SCC(=O)Nc2cc(OC)c([N+](=O)[O-])cc2C)nc2sc3c(c2c1=O)CCC3. The number of carbonyl (C=O) groups excluding carboxylic acids is 1. The lowest BCUT2D eigenvalue weighted by Crippen LogP contribution is -2.24. The van der Waals surface area contributed by atoms with Crippen LogP contribution >= 0.6 is 23.1 Å². The van der Waals surface area contributed by atoms with Gasteiger partial charge in [0.05, 0.1) is 23.2 Å². The van der Waals surface area contributed by atoms with Gasteiger partial charge in [-0.2, -0.15) is 0 Å². The van der Waals surface area contributed by atoms with Crippen molar-refractivity contribution in [1.82, 2.24) is 9.55 Å². The molecule has 0 aliphatic heterocycles. The van der Waals surface area contributed by atoms with Crippen LogP contribution in [0.4, 0.5) is 11.4 Å². The molecule has 0 radical (unpaired) electrons. The zero-order valence-electron chi connectivity index (χ0n) is 18.2. The minimum absolute atomic E-state index is 0.0128. The Morgan fingerprint density at radius 3 is 2.94 bits per heavy atom. The Morgan fingerprint density at radius 1 is 1.45 bits per heavy atom. The number of thioether (sulfide) groups is 1. The molecule has 0 saturated carbocycles. The Kier molecular flexibility index (Phi) is 6.52. The monoisotopic (exact) mass is 486 g/mol. The first-order chi connectivity index (χ1) is 15.8. The third-order valence-electron chi connectivity index (χ3n) is 5.43. The number of nitrogens with zero attached hydrogens (tertiary/aromatic N) is 3. The predicted octanol–water partition coefficient (Wildman–Crippen LogP) is 4.09. The Balaban J connectivity index is 1.57. The van der Waals surface area contributed by atoms with E-state index in [0.29, 0.717) is 33.2 Å². The molecule has 0 saturated heterocycles. The number of ether oxygens (including phenoxy) is 1. The second kappa shape index (κ2) is 9.36. The molecule has 0 spiro atoms. The van der Waals surface area contributed by atoms with Gasteiger partial charge in [-0.3, -0.25) is 24.3 Å². The van der Waals surface area contributed by atoms with Crippen LogP contribution in [-0.2, 0) is 24.2 Å². The van der Waals surface area contributed by atoms with E-state index in [9.17, 15) is 19.7 Å². The van der Waals surface area contributed by atoms with Gasteiger partial charge >= 0.3 is 5.69 Å². The Hall–Kier alpha value is -3.18. The van der Waals surface area contributed by atoms with Crippen LogP contribution in [0.1, 0.15) is 22.4 Å². The van der Waals surface area contributed by atoms with Crippen molar-refractivity contribution in [3.05, 3.63) is 61.3 Å². The Bertz CT molecular complexity index is 1350. The van der Waals surface area contributed by atoms with E-state index in [1.54, 1.807) is 28.9 Å². The molecule has 0 unspecified atom stereocenters. The molecular formula is C22H22N4O5S2. The van der Waals surface area contributed by atoms with Gasteiger partial charge in [0.15, 0.2) is 10.9 Å². The molecule has 2 aromatic heterocycles. The molecule has 1 aliphatic carbocycles. The molecule has 0 fully saturated rings. The third kappa shape index (κ3) is 4.38. The van der Waals surface area contributed by atoms with Crippen molar-refractivity contribution in [1.29, 1.82) is 0 Å². The van der Waals surface area contributed by atoms with E-state index in [4.69, 9.17) is 9.72 Å². The standard InChI is InChI=1S/C22H22N4O5S2/c1-4-8-25-21(28)19-13-6-5-7-17(13)33-20(19)24-22(25)32-11-18(27)23-14-10-16(31-3)15(26(29)30)9-12(14)2/h4,9-10H,1,5-8,11H2,2-3H3,(H,23,27). The summed E-state index contributed by atoms with van der Waals surface area (Å²) < 4.78 is 6.64. The number of nitro groups is 1. The lowest BCUT2D eigenvalue weighted by molar-refractivity contribution is -0.385. The van der Waals surface area contributed by atoms with Crippen LogP contribution in [0.2, 0.25) is 0 Å². The highest BCUT2D eigenvalue weighted by atomic mass is 32.2. The highest BCUT2D eigenvalue weighted by Crippen LogP contribution is 2.36. The summed E-state index contributed by atoms with van der Waals surface area (Å²) in [4.78, 5) is 43.1. The predicted molar refractivity (Wildman–Crippen MR) is 130 cm³/mol. The topological polar surface area (TPSA) is 116 Å². The van der Waals surface area contributed by atoms with Gasteiger partial charge in [0.25, 0.3) is 5.56 Å². The number of methoxy groups -OCH3 is 1. The van der Waals surface area contributed by atoms with Crippen LogP contribution in [-0.4, -0.2) is 33.2 Å². The van der Waals surface area contributed by atoms with Gasteiger partial charge in [-0.1, -0.05) is 17.8 Å². The number of aryl methyl sites for hydroxylation is 3. The minimum Gasteiger partial charge on any atom is -0.490 e. The van der Waals surface area contributed by atoms with Crippen LogP contribution in [0.25, 0.3) is 10.2 Å². The van der Waals surface area contributed by atoms with Crippen molar-refractivity contribution in [2.24, 2.45) is 0 Å². The number of hydrogen-bond acceptors (Lipinski definition) is 8. The number of allylic oxidation sites excluding steroid dienone is 1. The van der Waals surface area contributed by atoms with E-state index < -0.39 is 4.92 Å². The average molecular weight is 487 g/mol. The number of nitrogens with one attached hydrogen (secondary N) is 1. The second-order valence-electron chi connectivity index (χ2n) is 7.57. The first-order valence-corrected chi connectivity index (χ1v) is 12.1. The fraction of sp³-hybridized carbons (Fsp3) is 0.318. The lowest BCUT2D eigenvalue weighted by Gasteiger charge is -2.12. The van der Waals surface area contributed by atoms with Gasteiger partial charge in [0, 0.05) is 29.2 Å². The van der Waals surface area contributed by atoms with E-state index >= 15 is 0 Å². The van der Waals surface area contributed by atoms with E-state index in [1.165, 1.54) is 35.9 Å². The molecule has 9 nitrogen and oxygen atoms in total. The van der Waals surface area contributed by atoms with E-state index in [1.807, 2.05) is 0 Å². The first kappa shape index (κ1) is 23.0. The van der Waals surface area contributed by atoms with Crippen LogP contribution in [0.3, 0.4) is 0 Å². The van der Waals surface area contributed by atoms with Gasteiger partial charge in [-0.15, -0.1) is 17.9 Å². The molecule has 1 aliphatic rings. The number of carbonyl (C=O) groups is 1. The number of nitro benzene ring substituents is 1. The van der Waals surface area contributed by atoms with E-state index in [-0.39, 0.29) is 28.7 Å². The Morgan fingerprint density at radius 2 is 2.24 bits per heavy atom. The number of anilines is 1. The maximum absolute atomic E-state index is 13.2. The van der Waals surface area contributed by atoms with Crippen molar-refractivity contribution in [2.75, 3.05) is 18.2 Å². The fourth-order valence-corrected chi connectivity index (χ4v) is 6.00. The summed E-state index contributed by atoms with van der Waals surface area (Å²) in [5.41, 5.74) is 1.80. The summed E-state index contributed by atoms with van der Waals surface area (Å²) in [5.74, 6) is -0.253. The quantitative estimate of drug-likeness (QED) is 0.168. The number of benzene rings is 1. The van der Waals surface area contributed by atoms with Crippen molar-refractivity contribution in [3.63, 3.8) is 0 Å². The van der Waals surface area contributed by atoms with Crippen LogP contribution < -0.4 is 15.6 Å². The summed E-state index contributed by atoms with van der Waals surface area (Å²) in [6, 6.07) is 2.79. The molecule has 3 aromatic rings. The van der Waals surface area contributed by atoms with Crippen LogP contribution in [0, 0.1) is 17.0 Å². The third-order valence-corrected chi connectivity index (χ3v) is 7.59. The van der Waals surface area contributed by atoms with Crippen molar-refractivity contribution >= 4 is 50.6 Å². The molecular weight excluding hydrogens is 464 g/mol. The number of thiophene rings is 1. The zero-order chi connectivity index (χ0) is 23.7. The summed E-state index contributed by atoms with van der Waals surface area (Å²) in [6.07, 6.45) is 4.56. The second-order valence-corrected chi connectivity index (χ2v) is 9.60. The number of rotatable bonds is 8. The van der Waals surface area contributed by atoms with Gasteiger partial charge in [0.2, 0.25) is 5.91 Å². The molecule has 1 amide bonds. The normalized spacial score (nSPS) is 12.5. The van der Waals surface area contributed by atoms with Crippen LogP contribution in [0.15, 0.2) is 34.7 Å². The molecule has 1 N–H and O–H groups in total. The summed E-state index contributed by atoms with van der Waals surface area (Å²) in [6.45, 7) is 5.71. The highest BCUT2D eigenvalue weighted by Gasteiger charge is 2.24.